The molecular weight excluding hydrogens is 318 g/mol. The Kier molecular flexibility index (Phi) is 5.75. The van der Waals surface area contributed by atoms with Crippen LogP contribution in [0.3, 0.4) is 0 Å². The molecule has 0 saturated carbocycles. The van der Waals surface area contributed by atoms with Gasteiger partial charge in [0, 0.05) is 25.3 Å². The zero-order valence-corrected chi connectivity index (χ0v) is 15.0. The molecule has 128 valence electrons. The molecule has 0 fully saturated rings. The summed E-state index contributed by atoms with van der Waals surface area (Å²) in [6.45, 7) is 5.19. The van der Waals surface area contributed by atoms with Gasteiger partial charge in [-0.05, 0) is 60.4 Å². The second-order valence-electron chi connectivity index (χ2n) is 6.16. The van der Waals surface area contributed by atoms with Crippen molar-refractivity contribution in [1.29, 1.82) is 0 Å². The van der Waals surface area contributed by atoms with E-state index in [-0.39, 0.29) is 6.03 Å². The van der Waals surface area contributed by atoms with E-state index in [1.165, 1.54) is 47.5 Å². The Morgan fingerprint density at radius 3 is 3.04 bits per heavy atom. The van der Waals surface area contributed by atoms with Gasteiger partial charge in [0.25, 0.3) is 0 Å². The zero-order chi connectivity index (χ0) is 16.8. The molecule has 0 bridgehead atoms. The number of hydrogen-bond acceptors (Lipinski definition) is 3. The summed E-state index contributed by atoms with van der Waals surface area (Å²) < 4.78 is 0. The fraction of sp³-hybridized carbons (Fsp3) is 0.421. The molecule has 24 heavy (non-hydrogen) atoms. The van der Waals surface area contributed by atoms with Gasteiger partial charge in [0.05, 0.1) is 5.00 Å². The number of rotatable bonds is 6. The number of fused-ring (bicyclic) bond motifs is 1. The highest BCUT2D eigenvalue weighted by molar-refractivity contribution is 7.14. The molecule has 1 aromatic heterocycles. The molecule has 2 amide bonds. The van der Waals surface area contributed by atoms with Gasteiger partial charge in [0.1, 0.15) is 0 Å². The second kappa shape index (κ2) is 8.20. The summed E-state index contributed by atoms with van der Waals surface area (Å²) in [5.74, 6) is 0. The first-order chi connectivity index (χ1) is 11.8. The first-order valence-corrected chi connectivity index (χ1v) is 9.59. The number of nitrogens with one attached hydrogen (secondary N) is 2. The Morgan fingerprint density at radius 1 is 1.33 bits per heavy atom. The van der Waals surface area contributed by atoms with E-state index >= 15 is 0 Å². The lowest BCUT2D eigenvalue weighted by molar-refractivity contribution is 0.252. The van der Waals surface area contributed by atoms with E-state index in [0.717, 1.165) is 24.4 Å². The Labute approximate surface area is 147 Å². The van der Waals surface area contributed by atoms with Gasteiger partial charge in [-0.2, -0.15) is 0 Å². The van der Waals surface area contributed by atoms with Crippen molar-refractivity contribution in [3.05, 3.63) is 46.8 Å². The molecule has 1 aliphatic rings. The number of hydrogen-bond donors (Lipinski definition) is 2. The van der Waals surface area contributed by atoms with Crippen molar-refractivity contribution in [3.63, 3.8) is 0 Å². The smallest absolute Gasteiger partial charge is 0.319 e. The molecule has 0 aliphatic carbocycles. The van der Waals surface area contributed by atoms with Crippen LogP contribution in [0.1, 0.15) is 30.9 Å². The lowest BCUT2D eigenvalue weighted by Crippen LogP contribution is -2.31. The third kappa shape index (κ3) is 4.29. The number of anilines is 2. The minimum absolute atomic E-state index is 0.135. The highest BCUT2D eigenvalue weighted by Crippen LogP contribution is 2.28. The highest BCUT2D eigenvalue weighted by atomic mass is 32.1. The average Bonchev–Trinajstić information content (AvgIpc) is 3.08. The molecule has 4 nitrogen and oxygen atoms in total. The third-order valence-electron chi connectivity index (χ3n) is 4.31. The second-order valence-corrected chi connectivity index (χ2v) is 7.11. The van der Waals surface area contributed by atoms with E-state index in [1.54, 1.807) is 0 Å². The van der Waals surface area contributed by atoms with E-state index in [2.05, 4.69) is 40.7 Å². The van der Waals surface area contributed by atoms with Crippen molar-refractivity contribution in [2.24, 2.45) is 0 Å². The number of thiophene rings is 1. The predicted molar refractivity (Wildman–Crippen MR) is 102 cm³/mol. The normalized spacial score (nSPS) is 13.5. The lowest BCUT2D eigenvalue weighted by atomic mass is 9.98. The first kappa shape index (κ1) is 16.8. The molecule has 2 heterocycles. The SMILES string of the molecule is CCCN1CCCc2cc(CCNC(=O)Nc3cccs3)ccc21. The average molecular weight is 343 g/mol. The fourth-order valence-corrected chi connectivity index (χ4v) is 3.82. The molecule has 5 heteroatoms. The van der Waals surface area contributed by atoms with Crippen LogP contribution in [-0.2, 0) is 12.8 Å². The van der Waals surface area contributed by atoms with Crippen molar-refractivity contribution in [2.75, 3.05) is 29.9 Å². The van der Waals surface area contributed by atoms with Gasteiger partial charge < -0.3 is 10.2 Å². The monoisotopic (exact) mass is 343 g/mol. The van der Waals surface area contributed by atoms with Gasteiger partial charge in [-0.15, -0.1) is 11.3 Å². The van der Waals surface area contributed by atoms with Gasteiger partial charge >= 0.3 is 6.03 Å². The van der Waals surface area contributed by atoms with E-state index in [9.17, 15) is 4.79 Å². The Balaban J connectivity index is 1.52. The molecule has 0 unspecified atom stereocenters. The number of carbonyl (C=O) groups excluding carboxylic acids is 1. The standard InChI is InChI=1S/C19H25N3OS/c1-2-11-22-12-3-5-16-14-15(7-8-17(16)22)9-10-20-19(23)21-18-6-4-13-24-18/h4,6-8,13-14H,2-3,5,9-12H2,1H3,(H2,20,21,23). The molecular formula is C19H25N3OS. The summed E-state index contributed by atoms with van der Waals surface area (Å²) in [5, 5.41) is 8.59. The van der Waals surface area contributed by atoms with Crippen LogP contribution in [0.2, 0.25) is 0 Å². The molecule has 1 aliphatic heterocycles. The molecule has 0 saturated heterocycles. The quantitative estimate of drug-likeness (QED) is 0.822. The number of urea groups is 1. The Hall–Kier alpha value is -2.01. The molecule has 0 atom stereocenters. The van der Waals surface area contributed by atoms with Gasteiger partial charge in [0.15, 0.2) is 0 Å². The number of carbonyl (C=O) groups is 1. The summed E-state index contributed by atoms with van der Waals surface area (Å²) in [7, 11) is 0. The maximum atomic E-state index is 11.8. The fourth-order valence-electron chi connectivity index (χ4n) is 3.21. The predicted octanol–water partition coefficient (Wildman–Crippen LogP) is 4.27. The molecule has 2 aromatic rings. The van der Waals surface area contributed by atoms with Crippen molar-refractivity contribution in [1.82, 2.24) is 5.32 Å². The lowest BCUT2D eigenvalue weighted by Gasteiger charge is -2.31. The van der Waals surface area contributed by atoms with Crippen LogP contribution >= 0.6 is 11.3 Å². The van der Waals surface area contributed by atoms with Crippen molar-refractivity contribution >= 4 is 28.1 Å². The molecule has 0 radical (unpaired) electrons. The summed E-state index contributed by atoms with van der Waals surface area (Å²) in [6, 6.07) is 10.5. The van der Waals surface area contributed by atoms with E-state index < -0.39 is 0 Å². The van der Waals surface area contributed by atoms with Crippen LogP contribution in [0.15, 0.2) is 35.7 Å². The summed E-state index contributed by atoms with van der Waals surface area (Å²) in [5.41, 5.74) is 4.15. The maximum absolute atomic E-state index is 11.8. The molecule has 1 aromatic carbocycles. The van der Waals surface area contributed by atoms with Crippen LogP contribution in [0.5, 0.6) is 0 Å². The van der Waals surface area contributed by atoms with E-state index in [0.29, 0.717) is 6.54 Å². The number of aryl methyl sites for hydroxylation is 1. The van der Waals surface area contributed by atoms with Crippen molar-refractivity contribution < 1.29 is 4.79 Å². The summed E-state index contributed by atoms with van der Waals surface area (Å²) in [6.07, 6.45) is 4.44. The summed E-state index contributed by atoms with van der Waals surface area (Å²) >= 11 is 1.52. The third-order valence-corrected chi connectivity index (χ3v) is 5.09. The Bertz CT molecular complexity index is 669. The van der Waals surface area contributed by atoms with Crippen LogP contribution < -0.4 is 15.5 Å². The van der Waals surface area contributed by atoms with Gasteiger partial charge in [0.2, 0.25) is 0 Å². The van der Waals surface area contributed by atoms with Gasteiger partial charge in [-0.25, -0.2) is 4.79 Å². The minimum atomic E-state index is -0.135. The van der Waals surface area contributed by atoms with Crippen molar-refractivity contribution in [3.8, 4) is 0 Å². The van der Waals surface area contributed by atoms with E-state index in [1.807, 2.05) is 17.5 Å². The largest absolute Gasteiger partial charge is 0.371 e. The molecule has 0 spiro atoms. The van der Waals surface area contributed by atoms with Crippen LogP contribution in [0, 0.1) is 0 Å². The molecule has 2 N–H and O–H groups in total. The summed E-state index contributed by atoms with van der Waals surface area (Å²) in [4.78, 5) is 14.3. The zero-order valence-electron chi connectivity index (χ0n) is 14.2. The number of nitrogens with zero attached hydrogens (tertiary/aromatic N) is 1. The van der Waals surface area contributed by atoms with Crippen LogP contribution in [0.4, 0.5) is 15.5 Å². The van der Waals surface area contributed by atoms with Crippen LogP contribution in [0.25, 0.3) is 0 Å². The van der Waals surface area contributed by atoms with Gasteiger partial charge in [-0.1, -0.05) is 19.1 Å². The maximum Gasteiger partial charge on any atom is 0.319 e. The molecule has 3 rings (SSSR count). The topological polar surface area (TPSA) is 44.4 Å². The number of benzene rings is 1. The minimum Gasteiger partial charge on any atom is -0.371 e. The van der Waals surface area contributed by atoms with E-state index in [4.69, 9.17) is 0 Å². The van der Waals surface area contributed by atoms with Gasteiger partial charge in [-0.3, -0.25) is 5.32 Å². The van der Waals surface area contributed by atoms with Crippen LogP contribution in [-0.4, -0.2) is 25.7 Å². The number of amides is 2. The highest BCUT2D eigenvalue weighted by Gasteiger charge is 2.16. The first-order valence-electron chi connectivity index (χ1n) is 8.71. The Morgan fingerprint density at radius 2 is 2.25 bits per heavy atom. The van der Waals surface area contributed by atoms with Crippen molar-refractivity contribution in [2.45, 2.75) is 32.6 Å².